The van der Waals surface area contributed by atoms with Gasteiger partial charge in [0.1, 0.15) is 3.53 Å². The second-order valence-corrected chi connectivity index (χ2v) is 6.25. The van der Waals surface area contributed by atoms with Gasteiger partial charge in [-0.25, -0.2) is 0 Å². The largest absolute Gasteiger partial charge is 0.369 e. The van der Waals surface area contributed by atoms with E-state index in [0.29, 0.717) is 0 Å². The van der Waals surface area contributed by atoms with Gasteiger partial charge >= 0.3 is 0 Å². The van der Waals surface area contributed by atoms with Gasteiger partial charge in [0.05, 0.1) is 5.25 Å². The molecule has 0 aromatic rings. The first-order chi connectivity index (χ1) is 6.07. The lowest BCUT2D eigenvalue weighted by Gasteiger charge is -2.06. The number of hydrogen-bond donors (Lipinski definition) is 1. The molecule has 0 radical (unpaired) electrons. The number of thioether (sulfide) groups is 2. The quantitative estimate of drug-likeness (QED) is 0.589. The van der Waals surface area contributed by atoms with Gasteiger partial charge in [0.15, 0.2) is 0 Å². The Morgan fingerprint density at radius 2 is 2.23 bits per heavy atom. The van der Waals surface area contributed by atoms with Gasteiger partial charge in [0, 0.05) is 0 Å². The maximum absolute atomic E-state index is 10.7. The number of unbranched alkanes of at least 4 members (excludes halogenated alkanes) is 1. The lowest BCUT2D eigenvalue weighted by molar-refractivity contribution is -0.117. The molecular formula is C8H15NOS3. The van der Waals surface area contributed by atoms with E-state index in [-0.39, 0.29) is 11.2 Å². The molecule has 0 aromatic heterocycles. The molecule has 0 rings (SSSR count). The first-order valence-electron chi connectivity index (χ1n) is 4.20. The summed E-state index contributed by atoms with van der Waals surface area (Å²) in [7, 11) is 0. The Kier molecular flexibility index (Phi) is 7.80. The Morgan fingerprint density at radius 1 is 1.62 bits per heavy atom. The van der Waals surface area contributed by atoms with Crippen molar-refractivity contribution < 1.29 is 4.79 Å². The molecule has 0 aliphatic heterocycles. The molecule has 76 valence electrons. The van der Waals surface area contributed by atoms with E-state index in [9.17, 15) is 4.79 Å². The zero-order valence-corrected chi connectivity index (χ0v) is 10.4. The van der Waals surface area contributed by atoms with Gasteiger partial charge in [-0.2, -0.15) is 0 Å². The molecular weight excluding hydrogens is 222 g/mol. The Balaban J connectivity index is 3.56. The first kappa shape index (κ1) is 13.3. The second kappa shape index (κ2) is 7.64. The summed E-state index contributed by atoms with van der Waals surface area (Å²) in [5.74, 6) is 0.733. The molecule has 0 heterocycles. The maximum Gasteiger partial charge on any atom is 0.230 e. The van der Waals surface area contributed by atoms with Crippen molar-refractivity contribution in [2.75, 3.05) is 5.75 Å². The van der Waals surface area contributed by atoms with Gasteiger partial charge in [-0.15, -0.1) is 11.8 Å². The van der Waals surface area contributed by atoms with Crippen LogP contribution in [0, 0.1) is 0 Å². The fraction of sp³-hybridized carbons (Fsp3) is 0.750. The average molecular weight is 237 g/mol. The van der Waals surface area contributed by atoms with Crippen molar-refractivity contribution >= 4 is 45.2 Å². The molecule has 2 nitrogen and oxygen atoms in total. The summed E-state index contributed by atoms with van der Waals surface area (Å²) in [5, 5.41) is -0.207. The van der Waals surface area contributed by atoms with E-state index in [1.54, 1.807) is 18.7 Å². The summed E-state index contributed by atoms with van der Waals surface area (Å²) in [5.41, 5.74) is 5.11. The average Bonchev–Trinajstić information content (AvgIpc) is 2.04. The number of primary amides is 1. The summed E-state index contributed by atoms with van der Waals surface area (Å²) < 4.78 is 0.819. The van der Waals surface area contributed by atoms with E-state index in [1.807, 2.05) is 0 Å². The van der Waals surface area contributed by atoms with E-state index in [0.717, 1.165) is 15.7 Å². The van der Waals surface area contributed by atoms with E-state index in [2.05, 4.69) is 6.92 Å². The SMILES string of the molecule is CCCCSC(=S)SC(C)C(N)=O. The van der Waals surface area contributed by atoms with Crippen LogP contribution in [-0.2, 0) is 4.79 Å². The van der Waals surface area contributed by atoms with Crippen LogP contribution in [0.3, 0.4) is 0 Å². The molecule has 13 heavy (non-hydrogen) atoms. The monoisotopic (exact) mass is 237 g/mol. The van der Waals surface area contributed by atoms with E-state index in [4.69, 9.17) is 18.0 Å². The maximum atomic E-state index is 10.7. The number of hydrogen-bond acceptors (Lipinski definition) is 4. The Morgan fingerprint density at radius 3 is 2.69 bits per heavy atom. The summed E-state index contributed by atoms with van der Waals surface area (Å²) >= 11 is 8.09. The highest BCUT2D eigenvalue weighted by molar-refractivity contribution is 8.47. The topological polar surface area (TPSA) is 43.1 Å². The zero-order chi connectivity index (χ0) is 10.3. The highest BCUT2D eigenvalue weighted by Gasteiger charge is 2.11. The summed E-state index contributed by atoms with van der Waals surface area (Å²) in [6.45, 7) is 3.92. The Labute approximate surface area is 93.4 Å². The number of nitrogens with two attached hydrogens (primary N) is 1. The Hall–Kier alpha value is 0.260. The summed E-state index contributed by atoms with van der Waals surface area (Å²) in [4.78, 5) is 10.7. The van der Waals surface area contributed by atoms with E-state index in [1.165, 1.54) is 18.2 Å². The van der Waals surface area contributed by atoms with Crippen LogP contribution in [-0.4, -0.2) is 20.4 Å². The van der Waals surface area contributed by atoms with Crippen LogP contribution in [0.5, 0.6) is 0 Å². The molecule has 0 bridgehead atoms. The molecule has 0 spiro atoms. The predicted molar refractivity (Wildman–Crippen MR) is 66.2 cm³/mol. The van der Waals surface area contributed by atoms with Crippen LogP contribution in [0.4, 0.5) is 0 Å². The number of amides is 1. The molecule has 0 fully saturated rings. The van der Waals surface area contributed by atoms with Crippen molar-refractivity contribution in [1.29, 1.82) is 0 Å². The first-order valence-corrected chi connectivity index (χ1v) is 6.48. The number of carbonyl (C=O) groups is 1. The molecule has 1 amide bonds. The van der Waals surface area contributed by atoms with Gasteiger partial charge in [-0.3, -0.25) is 4.79 Å². The van der Waals surface area contributed by atoms with Crippen LogP contribution >= 0.6 is 35.7 Å². The number of carbonyl (C=O) groups excluding carboxylic acids is 1. The third-order valence-electron chi connectivity index (χ3n) is 1.39. The highest BCUT2D eigenvalue weighted by Crippen LogP contribution is 2.22. The molecule has 2 N–H and O–H groups in total. The number of rotatable bonds is 5. The van der Waals surface area contributed by atoms with Crippen molar-refractivity contribution in [3.05, 3.63) is 0 Å². The van der Waals surface area contributed by atoms with Crippen LogP contribution in [0.1, 0.15) is 26.7 Å². The summed E-state index contributed by atoms with van der Waals surface area (Å²) in [6, 6.07) is 0. The van der Waals surface area contributed by atoms with Crippen molar-refractivity contribution in [2.24, 2.45) is 5.73 Å². The predicted octanol–water partition coefficient (Wildman–Crippen LogP) is 2.41. The normalized spacial score (nSPS) is 12.5. The smallest absolute Gasteiger partial charge is 0.230 e. The van der Waals surface area contributed by atoms with Gasteiger partial charge in [0.25, 0.3) is 0 Å². The van der Waals surface area contributed by atoms with Crippen molar-refractivity contribution in [3.8, 4) is 0 Å². The Bertz CT molecular complexity index is 184. The third kappa shape index (κ3) is 7.34. The van der Waals surface area contributed by atoms with Crippen molar-refractivity contribution in [1.82, 2.24) is 0 Å². The molecule has 5 heteroatoms. The fourth-order valence-corrected chi connectivity index (χ4v) is 3.18. The lowest BCUT2D eigenvalue weighted by atomic mass is 10.4. The van der Waals surface area contributed by atoms with Gasteiger partial charge in [-0.1, -0.05) is 37.3 Å². The molecule has 1 unspecified atom stereocenters. The molecule has 0 aliphatic carbocycles. The van der Waals surface area contributed by atoms with Crippen LogP contribution in [0.2, 0.25) is 0 Å². The summed E-state index contributed by atoms with van der Waals surface area (Å²) in [6.07, 6.45) is 2.34. The minimum absolute atomic E-state index is 0.207. The minimum Gasteiger partial charge on any atom is -0.369 e. The van der Waals surface area contributed by atoms with Crippen LogP contribution in [0.25, 0.3) is 0 Å². The molecule has 0 saturated carbocycles. The van der Waals surface area contributed by atoms with Crippen LogP contribution in [0.15, 0.2) is 0 Å². The van der Waals surface area contributed by atoms with Gasteiger partial charge in [-0.05, 0) is 19.1 Å². The van der Waals surface area contributed by atoms with E-state index < -0.39 is 0 Å². The molecule has 0 aromatic carbocycles. The standard InChI is InChI=1S/C8H15NOS3/c1-3-4-5-12-8(11)13-6(2)7(9)10/h6H,3-5H2,1-2H3,(H2,9,10). The van der Waals surface area contributed by atoms with Crippen LogP contribution < -0.4 is 5.73 Å². The van der Waals surface area contributed by atoms with Gasteiger partial charge in [0.2, 0.25) is 5.91 Å². The van der Waals surface area contributed by atoms with E-state index >= 15 is 0 Å². The van der Waals surface area contributed by atoms with Gasteiger partial charge < -0.3 is 5.73 Å². The number of thiocarbonyl (C=S) groups is 1. The lowest BCUT2D eigenvalue weighted by Crippen LogP contribution is -2.23. The second-order valence-electron chi connectivity index (χ2n) is 2.61. The minimum atomic E-state index is -0.302. The fourth-order valence-electron chi connectivity index (χ4n) is 0.536. The molecule has 1 atom stereocenters. The zero-order valence-electron chi connectivity index (χ0n) is 7.91. The highest BCUT2D eigenvalue weighted by atomic mass is 32.2. The van der Waals surface area contributed by atoms with Crippen molar-refractivity contribution in [3.63, 3.8) is 0 Å². The molecule has 0 aliphatic rings. The van der Waals surface area contributed by atoms with Crippen molar-refractivity contribution in [2.45, 2.75) is 31.9 Å². The third-order valence-corrected chi connectivity index (χ3v) is 4.18. The molecule has 0 saturated heterocycles.